The summed E-state index contributed by atoms with van der Waals surface area (Å²) in [7, 11) is 0. The smallest absolute Gasteiger partial charge is 0.121 e. The zero-order valence-electron chi connectivity index (χ0n) is 14.1. The Morgan fingerprint density at radius 3 is 1.44 bits per heavy atom. The Balaban J connectivity index is 0.00000169. The Bertz CT molecular complexity index is 918. The average Bonchev–Trinajstić information content (AvgIpc) is 3.16. The highest BCUT2D eigenvalue weighted by Gasteiger charge is 2.06. The molecule has 0 unspecified atom stereocenters. The topological polar surface area (TPSA) is 109 Å². The van der Waals surface area contributed by atoms with Crippen molar-refractivity contribution >= 4 is 22.1 Å². The lowest BCUT2D eigenvalue weighted by atomic mass is 10.0. The predicted octanol–water partition coefficient (Wildman–Crippen LogP) is -10.0. The number of imidazole rings is 2. The lowest BCUT2D eigenvalue weighted by Gasteiger charge is -2.02. The Labute approximate surface area is 181 Å². The molecule has 0 spiro atoms. The largest absolute Gasteiger partial charge is 1.00 e. The quantitative estimate of drug-likeness (QED) is 0.249. The molecular weight excluding hydrogens is 430 g/mol. The van der Waals surface area contributed by atoms with E-state index in [9.17, 15) is 0 Å². The van der Waals surface area contributed by atoms with Crippen LogP contribution in [0.1, 0.15) is 22.8 Å². The minimum absolute atomic E-state index is 0. The molecule has 0 fully saturated rings. The van der Waals surface area contributed by atoms with Crippen molar-refractivity contribution in [2.24, 2.45) is 11.5 Å². The Morgan fingerprint density at radius 1 is 0.667 bits per heavy atom. The van der Waals surface area contributed by atoms with Gasteiger partial charge < -0.3 is 71.1 Å². The second-order valence-corrected chi connectivity index (χ2v) is 5.66. The van der Waals surface area contributed by atoms with E-state index in [-0.39, 0.29) is 49.6 Å². The van der Waals surface area contributed by atoms with E-state index in [0.717, 1.165) is 40.1 Å². The number of halogens is 4. The molecule has 2 aromatic carbocycles. The minimum atomic E-state index is 0. The minimum Gasteiger partial charge on any atom is -1.00 e. The number of hydrogen-bond donors (Lipinski definition) is 4. The van der Waals surface area contributed by atoms with Crippen molar-refractivity contribution in [1.29, 1.82) is 0 Å². The Morgan fingerprint density at radius 2 is 1.07 bits per heavy atom. The number of aromatic amines is 2. The van der Waals surface area contributed by atoms with E-state index < -0.39 is 0 Å². The molecule has 0 aliphatic carbocycles. The first-order valence-corrected chi connectivity index (χ1v) is 7.60. The van der Waals surface area contributed by atoms with Gasteiger partial charge in [-0.1, -0.05) is 12.1 Å². The third-order valence-corrected chi connectivity index (χ3v) is 3.99. The fourth-order valence-corrected chi connectivity index (χ4v) is 2.87. The van der Waals surface area contributed by atoms with Crippen molar-refractivity contribution in [3.63, 3.8) is 0 Å². The van der Waals surface area contributed by atoms with E-state index >= 15 is 0 Å². The van der Waals surface area contributed by atoms with E-state index in [4.69, 9.17) is 11.5 Å². The fraction of sp³-hybridized carbons (Fsp3) is 0.176. The van der Waals surface area contributed by atoms with Crippen LogP contribution in [0.5, 0.6) is 0 Å². The van der Waals surface area contributed by atoms with Gasteiger partial charge in [-0.25, -0.2) is 9.97 Å². The summed E-state index contributed by atoms with van der Waals surface area (Å²) >= 11 is 0. The van der Waals surface area contributed by atoms with E-state index in [1.54, 1.807) is 0 Å². The van der Waals surface area contributed by atoms with E-state index in [2.05, 4.69) is 44.2 Å². The van der Waals surface area contributed by atoms with Crippen LogP contribution in [0, 0.1) is 0 Å². The molecule has 0 saturated heterocycles. The summed E-state index contributed by atoms with van der Waals surface area (Å²) < 4.78 is 0. The SMILES string of the molecule is NCc1nc2ccc(Cc3ccc4nc(CN)[nH]c4c3)cc2[nH]1.[Cl-].[Cl-].[Cl-].[Cl-]. The highest BCUT2D eigenvalue weighted by molar-refractivity contribution is 5.77. The molecular formula is C17H18Cl4N6-4. The molecule has 2 heterocycles. The summed E-state index contributed by atoms with van der Waals surface area (Å²) in [6.45, 7) is 0.841. The summed E-state index contributed by atoms with van der Waals surface area (Å²) in [6.07, 6.45) is 0.847. The molecule has 0 radical (unpaired) electrons. The number of hydrogen-bond acceptors (Lipinski definition) is 4. The maximum atomic E-state index is 5.63. The van der Waals surface area contributed by atoms with Crippen molar-refractivity contribution in [2.75, 3.05) is 0 Å². The Kier molecular flexibility index (Phi) is 10.1. The summed E-state index contributed by atoms with van der Waals surface area (Å²) in [5.74, 6) is 1.62. The predicted molar refractivity (Wildman–Crippen MR) is 90.8 cm³/mol. The fourth-order valence-electron chi connectivity index (χ4n) is 2.87. The van der Waals surface area contributed by atoms with Crippen LogP contribution in [0.25, 0.3) is 22.1 Å². The standard InChI is InChI=1S/C17H18N6.4ClH/c18-8-16-20-12-3-1-10(6-14(12)22-16)5-11-2-4-13-15(7-11)23-17(9-19)21-13;;;;/h1-4,6-7H,5,8-9,18-19H2,(H,20,22)(H,21,23);4*1H/p-4. The highest BCUT2D eigenvalue weighted by Crippen LogP contribution is 2.19. The van der Waals surface area contributed by atoms with Gasteiger partial charge in [-0.05, 0) is 41.8 Å². The lowest BCUT2D eigenvalue weighted by Crippen LogP contribution is -3.00. The first kappa shape index (κ1) is 25.5. The molecule has 0 bridgehead atoms. The van der Waals surface area contributed by atoms with Crippen LogP contribution >= 0.6 is 0 Å². The van der Waals surface area contributed by atoms with Gasteiger partial charge in [0.05, 0.1) is 35.2 Å². The first-order valence-electron chi connectivity index (χ1n) is 7.60. The van der Waals surface area contributed by atoms with Crippen molar-refractivity contribution in [3.8, 4) is 0 Å². The van der Waals surface area contributed by atoms with Gasteiger partial charge in [0.25, 0.3) is 0 Å². The molecule has 2 aromatic heterocycles. The van der Waals surface area contributed by atoms with Crippen molar-refractivity contribution in [2.45, 2.75) is 19.5 Å². The van der Waals surface area contributed by atoms with Crippen LogP contribution in [0.4, 0.5) is 0 Å². The van der Waals surface area contributed by atoms with Crippen LogP contribution in [-0.4, -0.2) is 19.9 Å². The molecule has 0 aliphatic heterocycles. The molecule has 4 aromatic rings. The normalized spacial score (nSPS) is 9.85. The van der Waals surface area contributed by atoms with Crippen LogP contribution in [0.3, 0.4) is 0 Å². The van der Waals surface area contributed by atoms with Gasteiger partial charge in [-0.3, -0.25) is 0 Å². The number of aromatic nitrogens is 4. The van der Waals surface area contributed by atoms with Crippen LogP contribution in [0.2, 0.25) is 0 Å². The Hall–Kier alpha value is -1.54. The van der Waals surface area contributed by atoms with Crippen molar-refractivity contribution < 1.29 is 49.6 Å². The van der Waals surface area contributed by atoms with E-state index in [1.807, 2.05) is 12.1 Å². The number of H-pyrrole nitrogens is 2. The summed E-state index contributed by atoms with van der Waals surface area (Å²) in [5, 5.41) is 0. The van der Waals surface area contributed by atoms with Crippen LogP contribution in [-0.2, 0) is 19.5 Å². The molecule has 0 aliphatic rings. The van der Waals surface area contributed by atoms with Gasteiger partial charge >= 0.3 is 0 Å². The molecule has 27 heavy (non-hydrogen) atoms. The maximum absolute atomic E-state index is 5.63. The molecule has 6 nitrogen and oxygen atoms in total. The lowest BCUT2D eigenvalue weighted by molar-refractivity contribution is -0.00100. The van der Waals surface area contributed by atoms with Gasteiger partial charge in [0.1, 0.15) is 11.6 Å². The zero-order valence-corrected chi connectivity index (χ0v) is 17.2. The number of nitrogens with zero attached hydrogens (tertiary/aromatic N) is 2. The number of rotatable bonds is 4. The van der Waals surface area contributed by atoms with Gasteiger partial charge in [-0.15, -0.1) is 0 Å². The van der Waals surface area contributed by atoms with Crippen LogP contribution in [0.15, 0.2) is 36.4 Å². The zero-order chi connectivity index (χ0) is 15.8. The van der Waals surface area contributed by atoms with Crippen molar-refractivity contribution in [3.05, 3.63) is 59.2 Å². The molecule has 4 rings (SSSR count). The maximum Gasteiger partial charge on any atom is 0.121 e. The number of nitrogens with two attached hydrogens (primary N) is 2. The third kappa shape index (κ3) is 5.25. The first-order chi connectivity index (χ1) is 11.2. The average molecular weight is 448 g/mol. The van der Waals surface area contributed by atoms with E-state index in [0.29, 0.717) is 13.1 Å². The van der Waals surface area contributed by atoms with Crippen LogP contribution < -0.4 is 61.1 Å². The molecule has 148 valence electrons. The van der Waals surface area contributed by atoms with Gasteiger partial charge in [0.15, 0.2) is 0 Å². The second-order valence-electron chi connectivity index (χ2n) is 5.66. The number of nitrogens with one attached hydrogen (secondary N) is 2. The molecule has 10 heteroatoms. The second kappa shape index (κ2) is 10.7. The molecule has 0 saturated carbocycles. The summed E-state index contributed by atoms with van der Waals surface area (Å²) in [5.41, 5.74) is 17.7. The monoisotopic (exact) mass is 446 g/mol. The summed E-state index contributed by atoms with van der Waals surface area (Å²) in [4.78, 5) is 15.3. The van der Waals surface area contributed by atoms with E-state index in [1.165, 1.54) is 11.1 Å². The van der Waals surface area contributed by atoms with Gasteiger partial charge in [0.2, 0.25) is 0 Å². The third-order valence-electron chi connectivity index (χ3n) is 3.99. The molecule has 0 amide bonds. The number of benzene rings is 2. The van der Waals surface area contributed by atoms with Crippen molar-refractivity contribution in [1.82, 2.24) is 19.9 Å². The van der Waals surface area contributed by atoms with Gasteiger partial charge in [-0.2, -0.15) is 0 Å². The molecule has 0 atom stereocenters. The summed E-state index contributed by atoms with van der Waals surface area (Å²) in [6, 6.07) is 12.5. The highest BCUT2D eigenvalue weighted by atomic mass is 35.5. The van der Waals surface area contributed by atoms with Gasteiger partial charge in [0, 0.05) is 0 Å². The number of fused-ring (bicyclic) bond motifs is 2. The molecule has 6 N–H and O–H groups in total.